The topological polar surface area (TPSA) is 9.86 Å². The molecule has 0 amide bonds. The third kappa shape index (κ3) is 4.43. The van der Waals surface area contributed by atoms with Crippen molar-refractivity contribution < 1.29 is 0 Å². The summed E-state index contributed by atoms with van der Waals surface area (Å²) >= 11 is 0. The average Bonchev–Trinajstić information content (AvgIpc) is 3.72. The SMILES string of the molecule is c1ccc(-c2cccc(-n3c4ccccc4c4c5c6ccccc6n(-c6cccc(-c7ccccc7-c7ccccc7)c6)c5ccc43)c2)cc1. The average molecular weight is 637 g/mol. The summed E-state index contributed by atoms with van der Waals surface area (Å²) in [5.74, 6) is 0. The molecule has 0 radical (unpaired) electrons. The van der Waals surface area contributed by atoms with Gasteiger partial charge in [-0.1, -0.05) is 146 Å². The molecule has 2 aromatic heterocycles. The van der Waals surface area contributed by atoms with Gasteiger partial charge in [-0.15, -0.1) is 0 Å². The van der Waals surface area contributed by atoms with Crippen LogP contribution in [0.4, 0.5) is 0 Å². The highest BCUT2D eigenvalue weighted by atomic mass is 15.0. The van der Waals surface area contributed by atoms with E-state index in [2.05, 4.69) is 203 Å². The molecule has 2 heterocycles. The summed E-state index contributed by atoms with van der Waals surface area (Å²) in [7, 11) is 0. The molecular weight excluding hydrogens is 605 g/mol. The lowest BCUT2D eigenvalue weighted by Crippen LogP contribution is -1.96. The molecular formula is C48H32N2. The van der Waals surface area contributed by atoms with Gasteiger partial charge in [0, 0.05) is 32.9 Å². The predicted molar refractivity (Wildman–Crippen MR) is 211 cm³/mol. The highest BCUT2D eigenvalue weighted by Crippen LogP contribution is 2.43. The molecule has 0 aliphatic heterocycles. The lowest BCUT2D eigenvalue weighted by atomic mass is 9.94. The third-order valence-corrected chi connectivity index (χ3v) is 10.1. The van der Waals surface area contributed by atoms with Crippen molar-refractivity contribution in [1.82, 2.24) is 9.13 Å². The molecule has 0 N–H and O–H groups in total. The largest absolute Gasteiger partial charge is 0.309 e. The highest BCUT2D eigenvalue weighted by molar-refractivity contribution is 6.28. The van der Waals surface area contributed by atoms with Crippen molar-refractivity contribution in [2.24, 2.45) is 0 Å². The molecule has 50 heavy (non-hydrogen) atoms. The first-order chi connectivity index (χ1) is 24.8. The smallest absolute Gasteiger partial charge is 0.0548 e. The standard InChI is InChI=1S/C48H32N2/c1-3-15-33(16-4-1)35-19-13-21-37(31-35)49-43-27-11-9-25-41(43)47-45(49)29-30-46-48(47)42-26-10-12-28-44(42)50(46)38-22-14-20-36(32-38)40-24-8-7-23-39(40)34-17-5-2-6-18-34/h1-32H. The van der Waals surface area contributed by atoms with Crippen LogP contribution in [0.25, 0.3) is 88.4 Å². The second kappa shape index (κ2) is 11.5. The minimum atomic E-state index is 1.15. The summed E-state index contributed by atoms with van der Waals surface area (Å²) in [6.07, 6.45) is 0. The summed E-state index contributed by atoms with van der Waals surface area (Å²) in [4.78, 5) is 0. The van der Waals surface area contributed by atoms with Crippen LogP contribution in [0.15, 0.2) is 194 Å². The first kappa shape index (κ1) is 28.4. The summed E-state index contributed by atoms with van der Waals surface area (Å²) in [6, 6.07) is 70.3. The number of hydrogen-bond donors (Lipinski definition) is 0. The van der Waals surface area contributed by atoms with Crippen LogP contribution in [0.1, 0.15) is 0 Å². The Kier molecular flexibility index (Phi) is 6.53. The van der Waals surface area contributed by atoms with E-state index in [4.69, 9.17) is 0 Å². The minimum absolute atomic E-state index is 1.15. The van der Waals surface area contributed by atoms with Gasteiger partial charge in [-0.05, 0) is 81.9 Å². The van der Waals surface area contributed by atoms with Crippen molar-refractivity contribution in [2.45, 2.75) is 0 Å². The third-order valence-electron chi connectivity index (χ3n) is 10.1. The summed E-state index contributed by atoms with van der Waals surface area (Å²) in [6.45, 7) is 0. The minimum Gasteiger partial charge on any atom is -0.309 e. The lowest BCUT2D eigenvalue weighted by molar-refractivity contribution is 1.17. The maximum atomic E-state index is 2.45. The Morgan fingerprint density at radius 2 is 0.680 bits per heavy atom. The number of rotatable bonds is 5. The van der Waals surface area contributed by atoms with E-state index in [1.54, 1.807) is 0 Å². The van der Waals surface area contributed by atoms with Crippen LogP contribution in [-0.2, 0) is 0 Å². The van der Waals surface area contributed by atoms with Crippen LogP contribution < -0.4 is 0 Å². The molecule has 0 bridgehead atoms. The van der Waals surface area contributed by atoms with Crippen molar-refractivity contribution in [3.8, 4) is 44.8 Å². The van der Waals surface area contributed by atoms with Gasteiger partial charge in [-0.25, -0.2) is 0 Å². The number of benzene rings is 8. The molecule has 0 saturated heterocycles. The number of hydrogen-bond acceptors (Lipinski definition) is 0. The van der Waals surface area contributed by atoms with E-state index in [9.17, 15) is 0 Å². The molecule has 8 aromatic carbocycles. The summed E-state index contributed by atoms with van der Waals surface area (Å²) in [5.41, 5.74) is 14.4. The van der Waals surface area contributed by atoms with Gasteiger partial charge in [0.05, 0.1) is 22.1 Å². The Labute approximate surface area is 290 Å². The van der Waals surface area contributed by atoms with Crippen LogP contribution in [0.5, 0.6) is 0 Å². The number of nitrogens with zero attached hydrogens (tertiary/aromatic N) is 2. The molecule has 10 aromatic rings. The van der Waals surface area contributed by atoms with E-state index in [-0.39, 0.29) is 0 Å². The Morgan fingerprint density at radius 3 is 1.26 bits per heavy atom. The van der Waals surface area contributed by atoms with Crippen molar-refractivity contribution in [3.05, 3.63) is 194 Å². The molecule has 0 spiro atoms. The summed E-state index contributed by atoms with van der Waals surface area (Å²) in [5, 5.41) is 5.07. The fourth-order valence-electron chi connectivity index (χ4n) is 7.95. The molecule has 0 aliphatic carbocycles. The maximum Gasteiger partial charge on any atom is 0.0548 e. The van der Waals surface area contributed by atoms with Crippen LogP contribution >= 0.6 is 0 Å². The van der Waals surface area contributed by atoms with Crippen LogP contribution in [0, 0.1) is 0 Å². The molecule has 234 valence electrons. The van der Waals surface area contributed by atoms with E-state index in [1.807, 2.05) is 0 Å². The molecule has 2 heteroatoms. The molecule has 0 aliphatic rings. The Bertz CT molecular complexity index is 2860. The van der Waals surface area contributed by atoms with Gasteiger partial charge in [-0.2, -0.15) is 0 Å². The first-order valence-electron chi connectivity index (χ1n) is 17.2. The van der Waals surface area contributed by atoms with Gasteiger partial charge < -0.3 is 9.13 Å². The zero-order valence-corrected chi connectivity index (χ0v) is 27.4. The number of fused-ring (bicyclic) bond motifs is 7. The Morgan fingerprint density at radius 1 is 0.260 bits per heavy atom. The zero-order chi connectivity index (χ0) is 33.0. The van der Waals surface area contributed by atoms with Gasteiger partial charge in [0.15, 0.2) is 0 Å². The Hall–Kier alpha value is -6.64. The highest BCUT2D eigenvalue weighted by Gasteiger charge is 2.21. The van der Waals surface area contributed by atoms with Gasteiger partial charge in [0.2, 0.25) is 0 Å². The van der Waals surface area contributed by atoms with Gasteiger partial charge in [0.1, 0.15) is 0 Å². The van der Waals surface area contributed by atoms with Crippen molar-refractivity contribution >= 4 is 43.6 Å². The van der Waals surface area contributed by atoms with Gasteiger partial charge in [-0.3, -0.25) is 0 Å². The van der Waals surface area contributed by atoms with E-state index < -0.39 is 0 Å². The van der Waals surface area contributed by atoms with Crippen LogP contribution in [0.3, 0.4) is 0 Å². The van der Waals surface area contributed by atoms with Crippen molar-refractivity contribution in [2.75, 3.05) is 0 Å². The van der Waals surface area contributed by atoms with Crippen LogP contribution in [0.2, 0.25) is 0 Å². The number of para-hydroxylation sites is 2. The fraction of sp³-hybridized carbons (Fsp3) is 0. The van der Waals surface area contributed by atoms with Crippen molar-refractivity contribution in [3.63, 3.8) is 0 Å². The summed E-state index contributed by atoms with van der Waals surface area (Å²) < 4.78 is 4.88. The second-order valence-corrected chi connectivity index (χ2v) is 12.9. The molecule has 0 saturated carbocycles. The normalized spacial score (nSPS) is 11.6. The fourth-order valence-corrected chi connectivity index (χ4v) is 7.95. The Balaban J connectivity index is 1.22. The van der Waals surface area contributed by atoms with E-state index in [1.165, 1.54) is 77.0 Å². The van der Waals surface area contributed by atoms with E-state index in [0.29, 0.717) is 0 Å². The molecule has 0 fully saturated rings. The molecule has 0 atom stereocenters. The monoisotopic (exact) mass is 636 g/mol. The van der Waals surface area contributed by atoms with Crippen molar-refractivity contribution in [1.29, 1.82) is 0 Å². The second-order valence-electron chi connectivity index (χ2n) is 12.9. The molecule has 2 nitrogen and oxygen atoms in total. The van der Waals surface area contributed by atoms with E-state index >= 15 is 0 Å². The molecule has 0 unspecified atom stereocenters. The number of aromatic nitrogens is 2. The van der Waals surface area contributed by atoms with E-state index in [0.717, 1.165) is 11.4 Å². The molecule has 10 rings (SSSR count). The van der Waals surface area contributed by atoms with Crippen LogP contribution in [-0.4, -0.2) is 9.13 Å². The predicted octanol–water partition coefficient (Wildman–Crippen LogP) is 12.9. The lowest BCUT2D eigenvalue weighted by Gasteiger charge is -2.13. The zero-order valence-electron chi connectivity index (χ0n) is 27.4. The first-order valence-corrected chi connectivity index (χ1v) is 17.2. The quantitative estimate of drug-likeness (QED) is 0.178. The van der Waals surface area contributed by atoms with Gasteiger partial charge in [0.25, 0.3) is 0 Å². The maximum absolute atomic E-state index is 2.45. The van der Waals surface area contributed by atoms with Gasteiger partial charge >= 0.3 is 0 Å².